The molecule has 0 radical (unpaired) electrons. The molecule has 4 aromatic rings. The summed E-state index contributed by atoms with van der Waals surface area (Å²) < 4.78 is 12.8. The summed E-state index contributed by atoms with van der Waals surface area (Å²) >= 11 is 1.30. The van der Waals surface area contributed by atoms with Gasteiger partial charge >= 0.3 is 5.97 Å². The molecule has 3 aromatic carbocycles. The standard InChI is InChI=1S/C32H26N2O7S/c35-17-19-10-12-20(13-11-19)27-16-23(18-42-28-26(31(38)39)9-4-14-33-28)40-32(41-27)21-5-3-6-22(15-21)34-29(36)24-7-1-2-8-25(24)30(34)37/h1-15,23,27,32,35H,16-18H2,(H,38,39)/t23-,27+,32+/m1/s1. The highest BCUT2D eigenvalue weighted by Crippen LogP contribution is 2.40. The van der Waals surface area contributed by atoms with E-state index in [9.17, 15) is 24.6 Å². The van der Waals surface area contributed by atoms with Crippen molar-refractivity contribution in [3.8, 4) is 0 Å². The van der Waals surface area contributed by atoms with E-state index in [4.69, 9.17) is 9.47 Å². The van der Waals surface area contributed by atoms with Gasteiger partial charge in [-0.25, -0.2) is 14.7 Å². The van der Waals surface area contributed by atoms with Crippen LogP contribution in [0.5, 0.6) is 0 Å². The molecule has 2 aliphatic heterocycles. The summed E-state index contributed by atoms with van der Waals surface area (Å²) in [6.45, 7) is -0.0720. The number of imide groups is 1. The SMILES string of the molecule is O=C(O)c1cccnc1SC[C@H]1C[C@@H](c2ccc(CO)cc2)O[C@@H](c2cccc(N3C(=O)c4ccccc4C3=O)c2)O1. The van der Waals surface area contributed by atoms with Crippen molar-refractivity contribution in [2.75, 3.05) is 10.7 Å². The molecule has 9 nitrogen and oxygen atoms in total. The number of aromatic nitrogens is 1. The van der Waals surface area contributed by atoms with Gasteiger partial charge in [-0.15, -0.1) is 11.8 Å². The number of fused-ring (bicyclic) bond motifs is 1. The summed E-state index contributed by atoms with van der Waals surface area (Å²) in [6, 6.07) is 24.3. The lowest BCUT2D eigenvalue weighted by molar-refractivity contribution is -0.245. The van der Waals surface area contributed by atoms with Gasteiger partial charge in [0, 0.05) is 23.9 Å². The van der Waals surface area contributed by atoms with E-state index in [2.05, 4.69) is 4.98 Å². The number of ether oxygens (including phenoxy) is 2. The topological polar surface area (TPSA) is 126 Å². The van der Waals surface area contributed by atoms with Crippen molar-refractivity contribution in [2.45, 2.75) is 36.6 Å². The maximum atomic E-state index is 13.1. The summed E-state index contributed by atoms with van der Waals surface area (Å²) in [7, 11) is 0. The van der Waals surface area contributed by atoms with E-state index in [0.717, 1.165) is 16.0 Å². The molecule has 0 unspecified atom stereocenters. The third-order valence-electron chi connectivity index (χ3n) is 7.22. The number of aromatic carboxylic acids is 1. The Balaban J connectivity index is 1.28. The van der Waals surface area contributed by atoms with Crippen LogP contribution in [0.2, 0.25) is 0 Å². The van der Waals surface area contributed by atoms with Gasteiger partial charge < -0.3 is 19.7 Å². The Kier molecular flexibility index (Phi) is 7.86. The first kappa shape index (κ1) is 27.8. The second kappa shape index (κ2) is 11.9. The number of carboxylic acid groups (broad SMARTS) is 1. The molecule has 1 fully saturated rings. The molecule has 3 heterocycles. The minimum absolute atomic E-state index is 0.0720. The molecular formula is C32H26N2O7S. The molecular weight excluding hydrogens is 556 g/mol. The average molecular weight is 583 g/mol. The first-order valence-corrected chi connectivity index (χ1v) is 14.3. The number of carboxylic acids is 1. The highest BCUT2D eigenvalue weighted by Gasteiger charge is 2.37. The van der Waals surface area contributed by atoms with E-state index in [0.29, 0.717) is 39.6 Å². The number of amides is 2. The number of carbonyl (C=O) groups is 3. The highest BCUT2D eigenvalue weighted by molar-refractivity contribution is 7.99. The third kappa shape index (κ3) is 5.45. The lowest BCUT2D eigenvalue weighted by Gasteiger charge is -2.36. The number of hydrogen-bond acceptors (Lipinski definition) is 8. The summed E-state index contributed by atoms with van der Waals surface area (Å²) in [5, 5.41) is 19.4. The Morgan fingerprint density at radius 1 is 0.905 bits per heavy atom. The van der Waals surface area contributed by atoms with Crippen LogP contribution in [0.1, 0.15) is 66.6 Å². The van der Waals surface area contributed by atoms with Crippen LogP contribution in [-0.2, 0) is 16.1 Å². The van der Waals surface area contributed by atoms with E-state index in [1.807, 2.05) is 30.3 Å². The van der Waals surface area contributed by atoms with E-state index in [1.165, 1.54) is 17.8 Å². The van der Waals surface area contributed by atoms with Gasteiger partial charge in [0.15, 0.2) is 6.29 Å². The molecule has 212 valence electrons. The largest absolute Gasteiger partial charge is 0.478 e. The number of anilines is 1. The number of thioether (sulfide) groups is 1. The highest BCUT2D eigenvalue weighted by atomic mass is 32.2. The number of pyridine rings is 1. The first-order valence-electron chi connectivity index (χ1n) is 13.3. The number of hydrogen-bond donors (Lipinski definition) is 2. The Bertz CT molecular complexity index is 1620. The predicted molar refractivity (Wildman–Crippen MR) is 154 cm³/mol. The van der Waals surface area contributed by atoms with Crippen molar-refractivity contribution in [3.63, 3.8) is 0 Å². The van der Waals surface area contributed by atoms with Gasteiger partial charge in [0.25, 0.3) is 11.8 Å². The summed E-state index contributed by atoms with van der Waals surface area (Å²) in [4.78, 5) is 43.3. The molecule has 10 heteroatoms. The van der Waals surface area contributed by atoms with Crippen molar-refractivity contribution < 1.29 is 34.1 Å². The smallest absolute Gasteiger partial charge is 0.338 e. The molecule has 2 amide bonds. The van der Waals surface area contributed by atoms with E-state index in [-0.39, 0.29) is 36.2 Å². The average Bonchev–Trinajstić information content (AvgIpc) is 3.29. The van der Waals surface area contributed by atoms with Crippen LogP contribution in [0, 0.1) is 0 Å². The van der Waals surface area contributed by atoms with Crippen LogP contribution in [0.15, 0.2) is 96.2 Å². The molecule has 1 aromatic heterocycles. The fourth-order valence-corrected chi connectivity index (χ4v) is 6.10. The summed E-state index contributed by atoms with van der Waals surface area (Å²) in [5.41, 5.74) is 3.55. The molecule has 0 spiro atoms. The second-order valence-electron chi connectivity index (χ2n) is 9.91. The number of rotatable bonds is 8. The maximum absolute atomic E-state index is 13.1. The first-order chi connectivity index (χ1) is 20.4. The van der Waals surface area contributed by atoms with E-state index in [1.54, 1.807) is 54.7 Å². The predicted octanol–water partition coefficient (Wildman–Crippen LogP) is 5.41. The van der Waals surface area contributed by atoms with Crippen molar-refractivity contribution in [1.82, 2.24) is 4.98 Å². The van der Waals surface area contributed by atoms with Gasteiger partial charge in [-0.2, -0.15) is 0 Å². The molecule has 0 bridgehead atoms. The van der Waals surface area contributed by atoms with Crippen molar-refractivity contribution in [1.29, 1.82) is 0 Å². The van der Waals surface area contributed by atoms with Crippen LogP contribution < -0.4 is 4.90 Å². The number of carbonyl (C=O) groups excluding carboxylic acids is 2. The molecule has 0 saturated carbocycles. The Labute approximate surface area is 245 Å². The van der Waals surface area contributed by atoms with Crippen LogP contribution in [0.4, 0.5) is 5.69 Å². The Morgan fingerprint density at radius 3 is 2.33 bits per heavy atom. The second-order valence-corrected chi connectivity index (χ2v) is 10.9. The van der Waals surface area contributed by atoms with E-state index < -0.39 is 12.3 Å². The lowest BCUT2D eigenvalue weighted by Crippen LogP contribution is -2.32. The Hall–Kier alpha value is -4.35. The van der Waals surface area contributed by atoms with Crippen LogP contribution in [0.3, 0.4) is 0 Å². The monoisotopic (exact) mass is 582 g/mol. The lowest BCUT2D eigenvalue weighted by atomic mass is 10.0. The van der Waals surface area contributed by atoms with E-state index >= 15 is 0 Å². The van der Waals surface area contributed by atoms with Crippen molar-refractivity contribution in [3.05, 3.63) is 125 Å². The fourth-order valence-electron chi connectivity index (χ4n) is 5.10. The number of aliphatic hydroxyl groups excluding tert-OH is 1. The van der Waals surface area contributed by atoms with Crippen molar-refractivity contribution >= 4 is 35.2 Å². The van der Waals surface area contributed by atoms with Gasteiger partial charge in [-0.1, -0.05) is 48.5 Å². The van der Waals surface area contributed by atoms with Gasteiger partial charge in [-0.3, -0.25) is 9.59 Å². The van der Waals surface area contributed by atoms with Crippen molar-refractivity contribution in [2.24, 2.45) is 0 Å². The Morgan fingerprint density at radius 2 is 1.64 bits per heavy atom. The van der Waals surface area contributed by atoms with Gasteiger partial charge in [0.05, 0.1) is 41.2 Å². The quantitative estimate of drug-likeness (QED) is 0.207. The van der Waals surface area contributed by atoms with Gasteiger partial charge in [0.1, 0.15) is 5.03 Å². The number of aliphatic hydroxyl groups is 1. The maximum Gasteiger partial charge on any atom is 0.338 e. The zero-order valence-corrected chi connectivity index (χ0v) is 23.1. The van der Waals surface area contributed by atoms with Crippen LogP contribution in [0.25, 0.3) is 0 Å². The molecule has 2 N–H and O–H groups in total. The van der Waals surface area contributed by atoms with Gasteiger partial charge in [0.2, 0.25) is 0 Å². The summed E-state index contributed by atoms with van der Waals surface area (Å²) in [6.07, 6.45) is 0.508. The minimum atomic E-state index is -1.05. The van der Waals surface area contributed by atoms with Crippen LogP contribution >= 0.6 is 11.8 Å². The zero-order chi connectivity index (χ0) is 29.2. The molecule has 3 atom stereocenters. The minimum Gasteiger partial charge on any atom is -0.478 e. The van der Waals surface area contributed by atoms with Crippen LogP contribution in [-0.4, -0.2) is 44.8 Å². The number of nitrogens with zero attached hydrogens (tertiary/aromatic N) is 2. The molecule has 6 rings (SSSR count). The normalized spacial score (nSPS) is 20.0. The third-order valence-corrected chi connectivity index (χ3v) is 8.35. The number of benzene rings is 3. The zero-order valence-electron chi connectivity index (χ0n) is 22.3. The summed E-state index contributed by atoms with van der Waals surface area (Å²) in [5.74, 6) is -1.42. The fraction of sp³-hybridized carbons (Fsp3) is 0.188. The molecule has 2 aliphatic rings. The van der Waals surface area contributed by atoms with Gasteiger partial charge in [-0.05, 0) is 47.5 Å². The molecule has 0 aliphatic carbocycles. The molecule has 1 saturated heterocycles. The molecule has 42 heavy (non-hydrogen) atoms.